The summed E-state index contributed by atoms with van der Waals surface area (Å²) in [6, 6.07) is 22.6. The van der Waals surface area contributed by atoms with Gasteiger partial charge in [-0.15, -0.1) is 0 Å². The molecule has 1 aliphatic rings. The summed E-state index contributed by atoms with van der Waals surface area (Å²) >= 11 is 0. The predicted molar refractivity (Wildman–Crippen MR) is 70.7 cm³/mol. The summed E-state index contributed by atoms with van der Waals surface area (Å²) in [6.45, 7) is 3.47. The normalized spacial score (nSPS) is 24.3. The predicted octanol–water partition coefficient (Wildman–Crippen LogP) is 3.80. The smallest absolute Gasteiger partial charge is 0.0482 e. The molecule has 1 nitrogen and oxygen atoms in total. The van der Waals surface area contributed by atoms with E-state index < -0.39 is 0 Å². The van der Waals surface area contributed by atoms with Crippen LogP contribution in [0.5, 0.6) is 0 Å². The van der Waals surface area contributed by atoms with Gasteiger partial charge in [0.05, 0.1) is 0 Å². The first-order chi connectivity index (χ1) is 8.36. The molecule has 0 amide bonds. The fraction of sp³-hybridized carbons (Fsp3) is 0.250. The first-order valence-electron chi connectivity index (χ1n) is 6.22. The maximum Gasteiger partial charge on any atom is 0.0482 e. The maximum absolute atomic E-state index is 2.53. The molecule has 1 heteroatoms. The molecule has 0 saturated carbocycles. The van der Waals surface area contributed by atoms with Crippen LogP contribution in [0.15, 0.2) is 60.7 Å². The van der Waals surface area contributed by atoms with Crippen molar-refractivity contribution in [3.05, 3.63) is 71.8 Å². The second-order valence-corrected chi connectivity index (χ2v) is 4.71. The van der Waals surface area contributed by atoms with Gasteiger partial charge in [0.1, 0.15) is 0 Å². The Labute approximate surface area is 103 Å². The third-order valence-electron chi connectivity index (χ3n) is 3.61. The Balaban J connectivity index is 1.73. The molecule has 2 aromatic rings. The van der Waals surface area contributed by atoms with E-state index >= 15 is 0 Å². The molecule has 1 fully saturated rings. The van der Waals surface area contributed by atoms with Crippen LogP contribution in [-0.4, -0.2) is 11.4 Å². The Bertz CT molecular complexity index is 477. The van der Waals surface area contributed by atoms with Crippen molar-refractivity contribution in [3.63, 3.8) is 0 Å². The van der Waals surface area contributed by atoms with Crippen LogP contribution in [0.2, 0.25) is 0 Å². The zero-order chi connectivity index (χ0) is 11.7. The molecule has 86 valence electrons. The van der Waals surface area contributed by atoms with Gasteiger partial charge in [0.15, 0.2) is 0 Å². The average Bonchev–Trinajstić information content (AvgIpc) is 3.20. The van der Waals surface area contributed by atoms with E-state index in [1.807, 2.05) is 0 Å². The largest absolute Gasteiger partial charge is 0.286 e. The van der Waals surface area contributed by atoms with Crippen molar-refractivity contribution in [2.75, 3.05) is 6.54 Å². The minimum atomic E-state index is 0.515. The SMILES string of the molecule is CC(c1ccccc1)N1CC1c1ccccc1. The van der Waals surface area contributed by atoms with Crippen molar-refractivity contribution in [2.24, 2.45) is 0 Å². The number of nitrogens with zero attached hydrogens (tertiary/aromatic N) is 1. The van der Waals surface area contributed by atoms with Crippen LogP contribution in [0.4, 0.5) is 0 Å². The van der Waals surface area contributed by atoms with Gasteiger partial charge in [-0.3, -0.25) is 4.90 Å². The first kappa shape index (κ1) is 10.5. The molecule has 2 aromatic carbocycles. The second-order valence-electron chi connectivity index (χ2n) is 4.71. The van der Waals surface area contributed by atoms with Crippen LogP contribution in [-0.2, 0) is 0 Å². The lowest BCUT2D eigenvalue weighted by Crippen LogP contribution is -2.05. The summed E-state index contributed by atoms with van der Waals surface area (Å²) < 4.78 is 0. The zero-order valence-corrected chi connectivity index (χ0v) is 10.1. The molecule has 3 atom stereocenters. The Morgan fingerprint density at radius 2 is 1.53 bits per heavy atom. The number of benzene rings is 2. The Morgan fingerprint density at radius 3 is 2.18 bits per heavy atom. The highest BCUT2D eigenvalue weighted by atomic mass is 15.3. The molecular weight excluding hydrogens is 206 g/mol. The van der Waals surface area contributed by atoms with Crippen LogP contribution >= 0.6 is 0 Å². The molecule has 0 radical (unpaired) electrons. The van der Waals surface area contributed by atoms with Crippen LogP contribution in [0.25, 0.3) is 0 Å². The van der Waals surface area contributed by atoms with Crippen molar-refractivity contribution in [3.8, 4) is 0 Å². The van der Waals surface area contributed by atoms with Crippen molar-refractivity contribution >= 4 is 0 Å². The lowest BCUT2D eigenvalue weighted by atomic mass is 10.1. The fourth-order valence-corrected chi connectivity index (χ4v) is 2.48. The van der Waals surface area contributed by atoms with Crippen molar-refractivity contribution in [1.82, 2.24) is 4.90 Å². The van der Waals surface area contributed by atoms with Gasteiger partial charge in [0.2, 0.25) is 0 Å². The topological polar surface area (TPSA) is 3.01 Å². The quantitative estimate of drug-likeness (QED) is 0.715. The standard InChI is InChI=1S/C16H17N/c1-13(14-8-4-2-5-9-14)17-12-16(17)15-10-6-3-7-11-15/h2-11,13,16H,12H2,1H3. The van der Waals surface area contributed by atoms with E-state index in [4.69, 9.17) is 0 Å². The van der Waals surface area contributed by atoms with E-state index in [1.165, 1.54) is 17.7 Å². The summed E-state index contributed by atoms with van der Waals surface area (Å²) in [5, 5.41) is 0. The molecular formula is C16H17N. The van der Waals surface area contributed by atoms with Crippen LogP contribution in [0, 0.1) is 0 Å². The minimum Gasteiger partial charge on any atom is -0.286 e. The molecule has 3 unspecified atom stereocenters. The van der Waals surface area contributed by atoms with Crippen LogP contribution in [0.3, 0.4) is 0 Å². The van der Waals surface area contributed by atoms with Gasteiger partial charge in [-0.05, 0) is 18.1 Å². The summed E-state index contributed by atoms with van der Waals surface area (Å²) in [6.07, 6.45) is 0. The summed E-state index contributed by atoms with van der Waals surface area (Å²) in [5.41, 5.74) is 2.85. The fourth-order valence-electron chi connectivity index (χ4n) is 2.48. The van der Waals surface area contributed by atoms with E-state index in [1.54, 1.807) is 0 Å². The molecule has 0 N–H and O–H groups in total. The molecule has 1 aliphatic heterocycles. The zero-order valence-electron chi connectivity index (χ0n) is 10.1. The molecule has 1 saturated heterocycles. The molecule has 0 aliphatic carbocycles. The molecule has 0 aromatic heterocycles. The van der Waals surface area contributed by atoms with Crippen molar-refractivity contribution in [1.29, 1.82) is 0 Å². The third kappa shape index (κ3) is 2.11. The Morgan fingerprint density at radius 1 is 0.941 bits per heavy atom. The molecule has 1 heterocycles. The second kappa shape index (κ2) is 4.34. The molecule has 0 spiro atoms. The number of rotatable bonds is 3. The van der Waals surface area contributed by atoms with E-state index in [0.717, 1.165) is 0 Å². The monoisotopic (exact) mass is 223 g/mol. The van der Waals surface area contributed by atoms with Gasteiger partial charge in [0.25, 0.3) is 0 Å². The van der Waals surface area contributed by atoms with Crippen molar-refractivity contribution < 1.29 is 0 Å². The third-order valence-corrected chi connectivity index (χ3v) is 3.61. The Hall–Kier alpha value is -1.60. The van der Waals surface area contributed by atoms with Gasteiger partial charge in [0, 0.05) is 18.6 Å². The van der Waals surface area contributed by atoms with Crippen LogP contribution in [0.1, 0.15) is 30.1 Å². The van der Waals surface area contributed by atoms with Crippen molar-refractivity contribution in [2.45, 2.75) is 19.0 Å². The lowest BCUT2D eigenvalue weighted by molar-refractivity contribution is 0.410. The highest BCUT2D eigenvalue weighted by molar-refractivity contribution is 5.27. The van der Waals surface area contributed by atoms with Gasteiger partial charge >= 0.3 is 0 Å². The Kier molecular flexibility index (Phi) is 2.69. The van der Waals surface area contributed by atoms with Gasteiger partial charge in [-0.1, -0.05) is 60.7 Å². The van der Waals surface area contributed by atoms with E-state index in [-0.39, 0.29) is 0 Å². The summed E-state index contributed by atoms with van der Waals surface area (Å²) in [7, 11) is 0. The van der Waals surface area contributed by atoms with Gasteiger partial charge < -0.3 is 0 Å². The molecule has 0 bridgehead atoms. The molecule has 17 heavy (non-hydrogen) atoms. The highest BCUT2D eigenvalue weighted by Crippen LogP contribution is 2.42. The lowest BCUT2D eigenvalue weighted by Gasteiger charge is -2.14. The van der Waals surface area contributed by atoms with E-state index in [0.29, 0.717) is 12.1 Å². The number of hydrogen-bond acceptors (Lipinski definition) is 1. The number of hydrogen-bond donors (Lipinski definition) is 0. The average molecular weight is 223 g/mol. The van der Waals surface area contributed by atoms with Gasteiger partial charge in [-0.2, -0.15) is 0 Å². The van der Waals surface area contributed by atoms with Crippen LogP contribution < -0.4 is 0 Å². The summed E-state index contributed by atoms with van der Waals surface area (Å²) in [5.74, 6) is 0. The summed E-state index contributed by atoms with van der Waals surface area (Å²) in [4.78, 5) is 2.53. The molecule has 3 rings (SSSR count). The van der Waals surface area contributed by atoms with Gasteiger partial charge in [-0.25, -0.2) is 0 Å². The van der Waals surface area contributed by atoms with E-state index in [2.05, 4.69) is 72.5 Å². The minimum absolute atomic E-state index is 0.515. The van der Waals surface area contributed by atoms with E-state index in [9.17, 15) is 0 Å². The highest BCUT2D eigenvalue weighted by Gasteiger charge is 2.38. The first-order valence-corrected chi connectivity index (χ1v) is 6.22. The maximum atomic E-state index is 2.53.